The second kappa shape index (κ2) is 6.91. The van der Waals surface area contributed by atoms with Gasteiger partial charge >= 0.3 is 0 Å². The molecule has 2 fully saturated rings. The Bertz CT molecular complexity index is 591. The second-order valence-electron chi connectivity index (χ2n) is 6.10. The number of carbonyl (C=O) groups excluding carboxylic acids is 1. The van der Waals surface area contributed by atoms with Crippen molar-refractivity contribution in [2.75, 3.05) is 45.9 Å². The quantitative estimate of drug-likeness (QED) is 0.567. The number of nitriles is 1. The zero-order chi connectivity index (χ0) is 16.4. The van der Waals surface area contributed by atoms with E-state index in [9.17, 15) is 10.1 Å². The molecule has 3 aliphatic heterocycles. The van der Waals surface area contributed by atoms with Crippen LogP contribution in [0.1, 0.15) is 13.3 Å². The highest BCUT2D eigenvalue weighted by Gasteiger charge is 2.35. The highest BCUT2D eigenvalue weighted by molar-refractivity contribution is 8.36. The van der Waals surface area contributed by atoms with Gasteiger partial charge in [0.2, 0.25) is 5.91 Å². The number of thiocyanates is 1. The number of allylic oxidation sites excluding steroid dienone is 1. The van der Waals surface area contributed by atoms with Crippen LogP contribution < -0.4 is 5.73 Å². The van der Waals surface area contributed by atoms with Crippen molar-refractivity contribution in [2.24, 2.45) is 16.6 Å². The number of amides is 1. The van der Waals surface area contributed by atoms with Crippen LogP contribution >= 0.6 is 10.9 Å². The molecule has 2 unspecified atom stereocenters. The van der Waals surface area contributed by atoms with E-state index in [-0.39, 0.29) is 11.8 Å². The third-order valence-electron chi connectivity index (χ3n) is 4.61. The van der Waals surface area contributed by atoms with Gasteiger partial charge in [-0.3, -0.25) is 9.69 Å². The van der Waals surface area contributed by atoms with E-state index >= 15 is 0 Å². The van der Waals surface area contributed by atoms with E-state index in [4.69, 9.17) is 10.5 Å². The molecule has 0 saturated carbocycles. The molecule has 2 saturated heterocycles. The summed E-state index contributed by atoms with van der Waals surface area (Å²) in [7, 11) is -1.06. The van der Waals surface area contributed by atoms with Crippen molar-refractivity contribution in [1.29, 1.82) is 5.26 Å². The molecule has 2 N–H and O–H groups in total. The Morgan fingerprint density at radius 1 is 1.48 bits per heavy atom. The fraction of sp³-hybridized carbons (Fsp3) is 0.667. The summed E-state index contributed by atoms with van der Waals surface area (Å²) in [5.41, 5.74) is 6.37. The molecule has 0 spiro atoms. The molecule has 0 aliphatic carbocycles. The van der Waals surface area contributed by atoms with Crippen LogP contribution in [0.5, 0.6) is 0 Å². The van der Waals surface area contributed by atoms with Crippen LogP contribution in [0.25, 0.3) is 0 Å². The number of thiol groups is 1. The van der Waals surface area contributed by atoms with Crippen molar-refractivity contribution >= 4 is 22.0 Å². The number of aliphatic imine (C=N–C) groups is 1. The van der Waals surface area contributed by atoms with E-state index in [0.29, 0.717) is 6.54 Å². The number of carbonyl (C=O) groups is 1. The maximum absolute atomic E-state index is 11.4. The SMILES string of the molecule is CC1=C(CN2CCOCC2)[SH](C#N)C(N2CCC(C(N)=O)C2)=N1. The van der Waals surface area contributed by atoms with Crippen molar-refractivity contribution in [1.82, 2.24) is 9.80 Å². The van der Waals surface area contributed by atoms with Gasteiger partial charge < -0.3 is 15.4 Å². The number of hydrogen-bond acceptors (Lipinski definition) is 6. The zero-order valence-corrected chi connectivity index (χ0v) is 14.3. The number of hydrogen-bond donors (Lipinski definition) is 2. The van der Waals surface area contributed by atoms with Crippen LogP contribution in [0.4, 0.5) is 0 Å². The van der Waals surface area contributed by atoms with Crippen LogP contribution in [-0.4, -0.2) is 66.8 Å². The number of amidine groups is 1. The fourth-order valence-corrected chi connectivity index (χ4v) is 5.08. The van der Waals surface area contributed by atoms with Gasteiger partial charge in [-0.1, -0.05) is 10.9 Å². The number of ether oxygens (including phenoxy) is 1. The lowest BCUT2D eigenvalue weighted by molar-refractivity contribution is -0.121. The van der Waals surface area contributed by atoms with Gasteiger partial charge in [0.05, 0.1) is 24.8 Å². The van der Waals surface area contributed by atoms with E-state index in [2.05, 4.69) is 20.2 Å². The standard InChI is InChI=1S/C15H23N5O2S/c1-11-13(9-19-4-6-22-7-5-19)23(10-16)15(18-11)20-3-2-12(8-20)14(17)21/h12,23H,2-9H2,1H3,(H2,17,21). The molecule has 0 bridgehead atoms. The summed E-state index contributed by atoms with van der Waals surface area (Å²) in [6.45, 7) is 7.40. The molecule has 126 valence electrons. The normalized spacial score (nSPS) is 30.4. The maximum atomic E-state index is 11.4. The average molecular weight is 337 g/mol. The number of primary amides is 1. The lowest BCUT2D eigenvalue weighted by Gasteiger charge is -2.29. The Labute approximate surface area is 139 Å². The summed E-state index contributed by atoms with van der Waals surface area (Å²) >= 11 is 0. The van der Waals surface area contributed by atoms with Crippen LogP contribution in [-0.2, 0) is 9.53 Å². The third kappa shape index (κ3) is 3.37. The van der Waals surface area contributed by atoms with E-state index in [1.54, 1.807) is 0 Å². The molecule has 3 aliphatic rings. The Morgan fingerprint density at radius 2 is 2.22 bits per heavy atom. The smallest absolute Gasteiger partial charge is 0.222 e. The van der Waals surface area contributed by atoms with Crippen LogP contribution in [0.15, 0.2) is 15.6 Å². The van der Waals surface area contributed by atoms with E-state index < -0.39 is 10.9 Å². The molecular formula is C15H23N5O2S. The summed E-state index contributed by atoms with van der Waals surface area (Å²) in [5, 5.41) is 13.0. The molecule has 7 nitrogen and oxygen atoms in total. The lowest BCUT2D eigenvalue weighted by Crippen LogP contribution is -2.37. The molecule has 0 aromatic rings. The second-order valence-corrected chi connectivity index (χ2v) is 7.91. The van der Waals surface area contributed by atoms with Gasteiger partial charge in [-0.05, 0) is 13.3 Å². The summed E-state index contributed by atoms with van der Waals surface area (Å²) in [6, 6.07) is 0. The minimum Gasteiger partial charge on any atom is -0.379 e. The fourth-order valence-electron chi connectivity index (χ4n) is 3.19. The molecular weight excluding hydrogens is 314 g/mol. The monoisotopic (exact) mass is 337 g/mol. The Hall–Kier alpha value is -1.56. The van der Waals surface area contributed by atoms with Crippen molar-refractivity contribution < 1.29 is 9.53 Å². The molecule has 3 rings (SSSR count). The minimum absolute atomic E-state index is 0.128. The van der Waals surface area contributed by atoms with E-state index in [1.807, 2.05) is 6.92 Å². The predicted molar refractivity (Wildman–Crippen MR) is 90.9 cm³/mol. The molecule has 0 radical (unpaired) electrons. The van der Waals surface area contributed by atoms with Gasteiger partial charge in [0.15, 0.2) is 5.17 Å². The lowest BCUT2D eigenvalue weighted by atomic mass is 10.1. The number of likely N-dealkylation sites (tertiary alicyclic amines) is 1. The first kappa shape index (κ1) is 16.3. The number of morpholine rings is 1. The van der Waals surface area contributed by atoms with Gasteiger partial charge in [-0.15, -0.1) is 0 Å². The van der Waals surface area contributed by atoms with Crippen molar-refractivity contribution in [3.05, 3.63) is 10.6 Å². The minimum atomic E-state index is -1.06. The van der Waals surface area contributed by atoms with Gasteiger partial charge in [0.1, 0.15) is 5.40 Å². The topological polar surface area (TPSA) is 95.0 Å². The Kier molecular flexibility index (Phi) is 4.90. The number of rotatable bonds is 3. The Balaban J connectivity index is 1.69. The number of nitrogens with two attached hydrogens (primary N) is 1. The summed E-state index contributed by atoms with van der Waals surface area (Å²) in [5.74, 6) is -0.387. The highest BCUT2D eigenvalue weighted by Crippen LogP contribution is 2.45. The zero-order valence-electron chi connectivity index (χ0n) is 13.4. The van der Waals surface area contributed by atoms with Crippen LogP contribution in [0.2, 0.25) is 0 Å². The predicted octanol–water partition coefficient (Wildman–Crippen LogP) is 0.209. The van der Waals surface area contributed by atoms with E-state index in [1.165, 1.54) is 0 Å². The molecule has 0 aromatic carbocycles. The molecule has 1 amide bonds. The van der Waals surface area contributed by atoms with Crippen LogP contribution in [0.3, 0.4) is 0 Å². The molecule has 0 aromatic heterocycles. The summed E-state index contributed by atoms with van der Waals surface area (Å²) in [4.78, 5) is 21.6. The van der Waals surface area contributed by atoms with Crippen molar-refractivity contribution in [3.8, 4) is 5.40 Å². The molecule has 3 heterocycles. The van der Waals surface area contributed by atoms with Crippen molar-refractivity contribution in [2.45, 2.75) is 13.3 Å². The third-order valence-corrected chi connectivity index (χ3v) is 6.59. The van der Waals surface area contributed by atoms with Crippen LogP contribution in [0, 0.1) is 16.6 Å². The van der Waals surface area contributed by atoms with Gasteiger partial charge in [0.25, 0.3) is 0 Å². The number of nitrogens with zero attached hydrogens (tertiary/aromatic N) is 4. The molecule has 2 atom stereocenters. The first-order valence-corrected chi connectivity index (χ1v) is 9.27. The van der Waals surface area contributed by atoms with Crippen molar-refractivity contribution in [3.63, 3.8) is 0 Å². The average Bonchev–Trinajstić information content (AvgIpc) is 3.14. The van der Waals surface area contributed by atoms with Gasteiger partial charge in [-0.25, -0.2) is 4.99 Å². The molecule has 23 heavy (non-hydrogen) atoms. The first-order valence-electron chi connectivity index (χ1n) is 7.93. The summed E-state index contributed by atoms with van der Waals surface area (Å²) < 4.78 is 5.38. The molecule has 8 heteroatoms. The Morgan fingerprint density at radius 3 is 2.83 bits per heavy atom. The highest BCUT2D eigenvalue weighted by atomic mass is 32.2. The van der Waals surface area contributed by atoms with E-state index in [0.717, 1.165) is 61.6 Å². The van der Waals surface area contributed by atoms with Gasteiger partial charge in [-0.2, -0.15) is 5.26 Å². The first-order chi connectivity index (χ1) is 11.1. The van der Waals surface area contributed by atoms with Gasteiger partial charge in [0, 0.05) is 37.6 Å². The maximum Gasteiger partial charge on any atom is 0.222 e. The summed E-state index contributed by atoms with van der Waals surface area (Å²) in [6.07, 6.45) is 0.751. The largest absolute Gasteiger partial charge is 0.379 e.